The van der Waals surface area contributed by atoms with Crippen LogP contribution in [0.2, 0.25) is 0 Å². The van der Waals surface area contributed by atoms with Crippen LogP contribution >= 0.6 is 23.1 Å². The number of nitrogens with zero attached hydrogens (tertiary/aromatic N) is 4. The lowest BCUT2D eigenvalue weighted by Gasteiger charge is -2.19. The maximum atomic E-state index is 12.4. The van der Waals surface area contributed by atoms with Crippen LogP contribution in [0.25, 0.3) is 11.5 Å². The van der Waals surface area contributed by atoms with Crippen molar-refractivity contribution in [2.45, 2.75) is 31.7 Å². The first-order chi connectivity index (χ1) is 15.5. The number of aromatic nitrogens is 3. The molecule has 2 aromatic heterocycles. The van der Waals surface area contributed by atoms with E-state index in [0.29, 0.717) is 27.7 Å². The predicted molar refractivity (Wildman–Crippen MR) is 127 cm³/mol. The van der Waals surface area contributed by atoms with Crippen LogP contribution in [-0.4, -0.2) is 28.2 Å². The SMILES string of the molecule is COc1ccccc1-c1nnc(SCc2csc(N(C(C)=O)c3ccc(C)c(C)c3)n2)o1. The average molecular weight is 467 g/mol. The van der Waals surface area contributed by atoms with E-state index in [-0.39, 0.29) is 5.91 Å². The van der Waals surface area contributed by atoms with Gasteiger partial charge in [-0.2, -0.15) is 0 Å². The Kier molecular flexibility index (Phi) is 6.57. The zero-order chi connectivity index (χ0) is 22.7. The number of hydrogen-bond acceptors (Lipinski definition) is 8. The van der Waals surface area contributed by atoms with Crippen LogP contribution in [-0.2, 0) is 10.5 Å². The molecule has 32 heavy (non-hydrogen) atoms. The summed E-state index contributed by atoms with van der Waals surface area (Å²) in [4.78, 5) is 18.7. The second kappa shape index (κ2) is 9.54. The molecule has 0 bridgehead atoms. The molecule has 0 saturated heterocycles. The first-order valence-electron chi connectivity index (χ1n) is 9.88. The van der Waals surface area contributed by atoms with E-state index in [9.17, 15) is 4.79 Å². The van der Waals surface area contributed by atoms with Crippen molar-refractivity contribution in [1.82, 2.24) is 15.2 Å². The summed E-state index contributed by atoms with van der Waals surface area (Å²) in [5.74, 6) is 1.54. The zero-order valence-electron chi connectivity index (χ0n) is 18.2. The minimum atomic E-state index is -0.0832. The molecule has 0 saturated carbocycles. The molecule has 164 valence electrons. The molecule has 0 unspecified atom stereocenters. The molecule has 1 amide bonds. The molecule has 7 nitrogen and oxygen atoms in total. The van der Waals surface area contributed by atoms with Crippen molar-refractivity contribution in [3.8, 4) is 17.2 Å². The summed E-state index contributed by atoms with van der Waals surface area (Å²) in [7, 11) is 1.60. The van der Waals surface area contributed by atoms with E-state index < -0.39 is 0 Å². The maximum absolute atomic E-state index is 12.4. The molecule has 9 heteroatoms. The van der Waals surface area contributed by atoms with Gasteiger partial charge in [-0.25, -0.2) is 4.98 Å². The fourth-order valence-corrected chi connectivity index (χ4v) is 4.74. The molecule has 2 heterocycles. The number of carbonyl (C=O) groups is 1. The van der Waals surface area contributed by atoms with Gasteiger partial charge in [0.2, 0.25) is 5.91 Å². The van der Waals surface area contributed by atoms with Crippen molar-refractivity contribution in [3.05, 3.63) is 64.7 Å². The molecule has 0 fully saturated rings. The number of rotatable bonds is 7. The average Bonchev–Trinajstić information content (AvgIpc) is 3.44. The highest BCUT2D eigenvalue weighted by Crippen LogP contribution is 2.34. The molecular formula is C23H22N4O3S2. The van der Waals surface area contributed by atoms with Crippen LogP contribution in [0.1, 0.15) is 23.7 Å². The Labute approximate surface area is 194 Å². The van der Waals surface area contributed by atoms with Gasteiger partial charge in [0.05, 0.1) is 24.1 Å². The van der Waals surface area contributed by atoms with Crippen molar-refractivity contribution in [2.75, 3.05) is 12.0 Å². The van der Waals surface area contributed by atoms with Crippen molar-refractivity contribution in [1.29, 1.82) is 0 Å². The number of amides is 1. The maximum Gasteiger partial charge on any atom is 0.277 e. The number of thiazole rings is 1. The second-order valence-corrected chi connectivity index (χ2v) is 8.87. The summed E-state index contributed by atoms with van der Waals surface area (Å²) in [6, 6.07) is 13.5. The van der Waals surface area contributed by atoms with Gasteiger partial charge in [0.1, 0.15) is 5.75 Å². The summed E-state index contributed by atoms with van der Waals surface area (Å²) >= 11 is 2.83. The quantitative estimate of drug-likeness (QED) is 0.319. The van der Waals surface area contributed by atoms with Gasteiger partial charge < -0.3 is 9.15 Å². The van der Waals surface area contributed by atoms with E-state index in [0.717, 1.165) is 22.5 Å². The molecule has 4 aromatic rings. The Morgan fingerprint density at radius 1 is 1.16 bits per heavy atom. The third kappa shape index (κ3) is 4.68. The lowest BCUT2D eigenvalue weighted by atomic mass is 10.1. The summed E-state index contributed by atoms with van der Waals surface area (Å²) < 4.78 is 11.1. The molecular weight excluding hydrogens is 444 g/mol. The minimum absolute atomic E-state index is 0.0832. The molecule has 0 aliphatic carbocycles. The highest BCUT2D eigenvalue weighted by atomic mass is 32.2. The molecule has 0 atom stereocenters. The number of carbonyl (C=O) groups excluding carboxylic acids is 1. The van der Waals surface area contributed by atoms with Gasteiger partial charge in [-0.1, -0.05) is 30.0 Å². The van der Waals surface area contributed by atoms with Gasteiger partial charge in [0, 0.05) is 18.1 Å². The molecule has 0 spiro atoms. The van der Waals surface area contributed by atoms with Crippen LogP contribution in [0.4, 0.5) is 10.8 Å². The number of ether oxygens (including phenoxy) is 1. The lowest BCUT2D eigenvalue weighted by Crippen LogP contribution is -2.22. The Morgan fingerprint density at radius 2 is 1.97 bits per heavy atom. The van der Waals surface area contributed by atoms with Crippen molar-refractivity contribution in [2.24, 2.45) is 0 Å². The summed E-state index contributed by atoms with van der Waals surface area (Å²) in [6.45, 7) is 5.63. The third-order valence-electron chi connectivity index (χ3n) is 4.88. The largest absolute Gasteiger partial charge is 0.496 e. The van der Waals surface area contributed by atoms with Crippen LogP contribution in [0.15, 0.2) is 57.5 Å². The van der Waals surface area contributed by atoms with E-state index >= 15 is 0 Å². The first-order valence-corrected chi connectivity index (χ1v) is 11.7. The Hall–Kier alpha value is -3.17. The van der Waals surface area contributed by atoms with E-state index in [1.807, 2.05) is 61.7 Å². The number of thioether (sulfide) groups is 1. The van der Waals surface area contributed by atoms with Crippen LogP contribution < -0.4 is 9.64 Å². The fourth-order valence-electron chi connectivity index (χ4n) is 3.09. The van der Waals surface area contributed by atoms with Gasteiger partial charge in [0.25, 0.3) is 11.1 Å². The molecule has 0 N–H and O–H groups in total. The second-order valence-electron chi connectivity index (χ2n) is 7.11. The van der Waals surface area contributed by atoms with Gasteiger partial charge >= 0.3 is 0 Å². The fraction of sp³-hybridized carbons (Fsp3) is 0.217. The molecule has 2 aromatic carbocycles. The van der Waals surface area contributed by atoms with Gasteiger partial charge in [-0.15, -0.1) is 21.5 Å². The highest BCUT2D eigenvalue weighted by Gasteiger charge is 2.19. The highest BCUT2D eigenvalue weighted by molar-refractivity contribution is 7.98. The topological polar surface area (TPSA) is 81.4 Å². The molecule has 0 aliphatic rings. The number of methoxy groups -OCH3 is 1. The van der Waals surface area contributed by atoms with E-state index in [1.54, 1.807) is 18.9 Å². The summed E-state index contributed by atoms with van der Waals surface area (Å²) in [5, 5.41) is 11.3. The smallest absolute Gasteiger partial charge is 0.277 e. The van der Waals surface area contributed by atoms with Gasteiger partial charge in [0.15, 0.2) is 5.13 Å². The van der Waals surface area contributed by atoms with Crippen LogP contribution in [0.5, 0.6) is 5.75 Å². The number of para-hydroxylation sites is 1. The van der Waals surface area contributed by atoms with Gasteiger partial charge in [-0.3, -0.25) is 9.69 Å². The Balaban J connectivity index is 1.48. The Bertz CT molecular complexity index is 1250. The van der Waals surface area contributed by atoms with Crippen LogP contribution in [0, 0.1) is 13.8 Å². The normalized spacial score (nSPS) is 10.9. The predicted octanol–water partition coefficient (Wildman–Crippen LogP) is 5.80. The van der Waals surface area contributed by atoms with Crippen LogP contribution in [0.3, 0.4) is 0 Å². The summed E-state index contributed by atoms with van der Waals surface area (Å²) in [5.41, 5.74) is 4.70. The number of hydrogen-bond donors (Lipinski definition) is 0. The number of anilines is 2. The number of benzene rings is 2. The van der Waals surface area contributed by atoms with Crippen molar-refractivity contribution >= 4 is 39.8 Å². The van der Waals surface area contributed by atoms with E-state index in [4.69, 9.17) is 9.15 Å². The Morgan fingerprint density at radius 3 is 2.72 bits per heavy atom. The van der Waals surface area contributed by atoms with E-state index in [1.165, 1.54) is 28.7 Å². The number of aryl methyl sites for hydroxylation is 2. The van der Waals surface area contributed by atoms with Gasteiger partial charge in [-0.05, 0) is 49.2 Å². The van der Waals surface area contributed by atoms with Crippen molar-refractivity contribution in [3.63, 3.8) is 0 Å². The minimum Gasteiger partial charge on any atom is -0.496 e. The summed E-state index contributed by atoms with van der Waals surface area (Å²) in [6.07, 6.45) is 0. The zero-order valence-corrected chi connectivity index (χ0v) is 19.8. The standard InChI is InChI=1S/C23H22N4O3S2/c1-14-9-10-18(11-15(14)2)27(16(3)28)22-24-17(12-31-22)13-32-23-26-25-21(30-23)19-7-5-6-8-20(19)29-4/h5-12H,13H2,1-4H3. The van der Waals surface area contributed by atoms with Crippen molar-refractivity contribution < 1.29 is 13.9 Å². The first kappa shape index (κ1) is 22.0. The van der Waals surface area contributed by atoms with E-state index in [2.05, 4.69) is 15.2 Å². The molecule has 4 rings (SSSR count). The third-order valence-corrected chi connectivity index (χ3v) is 6.61. The monoisotopic (exact) mass is 466 g/mol. The molecule has 0 aliphatic heterocycles. The lowest BCUT2D eigenvalue weighted by molar-refractivity contribution is -0.115. The molecule has 0 radical (unpaired) electrons.